The van der Waals surface area contributed by atoms with Crippen molar-refractivity contribution < 1.29 is 8.42 Å². The lowest BCUT2D eigenvalue weighted by molar-refractivity contribution is 0.333. The molecule has 0 radical (unpaired) electrons. The van der Waals surface area contributed by atoms with Gasteiger partial charge in [-0.2, -0.15) is 16.1 Å². The smallest absolute Gasteiger partial charge is 0.243 e. The van der Waals surface area contributed by atoms with Crippen LogP contribution in [0.2, 0.25) is 0 Å². The lowest BCUT2D eigenvalue weighted by atomic mass is 9.97. The third-order valence-electron chi connectivity index (χ3n) is 3.75. The van der Waals surface area contributed by atoms with Crippen molar-refractivity contribution in [3.05, 3.63) is 30.3 Å². The maximum atomic E-state index is 12.5. The van der Waals surface area contributed by atoms with E-state index in [2.05, 4.69) is 0 Å². The van der Waals surface area contributed by atoms with E-state index < -0.39 is 10.0 Å². The van der Waals surface area contributed by atoms with Crippen molar-refractivity contribution in [3.63, 3.8) is 0 Å². The Morgan fingerprint density at radius 2 is 1.85 bits per heavy atom. The minimum atomic E-state index is -3.41. The first-order valence-corrected chi connectivity index (χ1v) is 9.40. The van der Waals surface area contributed by atoms with Crippen LogP contribution in [0.25, 0.3) is 0 Å². The number of hydrogen-bond donors (Lipinski definition) is 1. The predicted molar refractivity (Wildman–Crippen MR) is 87.5 cm³/mol. The normalized spacial score (nSPS) is 19.6. The van der Waals surface area contributed by atoms with Gasteiger partial charge in [0.05, 0.1) is 14.6 Å². The SMILES string of the molecule is CSC1(C(N)=S)CCN(S(=O)(=O)c2ccccc2)CC1. The van der Waals surface area contributed by atoms with Crippen molar-refractivity contribution >= 4 is 39.0 Å². The van der Waals surface area contributed by atoms with E-state index in [9.17, 15) is 8.42 Å². The number of sulfonamides is 1. The Morgan fingerprint density at radius 1 is 1.30 bits per heavy atom. The minimum Gasteiger partial charge on any atom is -0.392 e. The van der Waals surface area contributed by atoms with Gasteiger partial charge >= 0.3 is 0 Å². The van der Waals surface area contributed by atoms with Gasteiger partial charge in [-0.3, -0.25) is 0 Å². The Bertz CT molecular complexity index is 579. The quantitative estimate of drug-likeness (QED) is 0.854. The summed E-state index contributed by atoms with van der Waals surface area (Å²) < 4.78 is 26.3. The Labute approximate surface area is 129 Å². The van der Waals surface area contributed by atoms with Crippen LogP contribution >= 0.6 is 24.0 Å². The average Bonchev–Trinajstić information content (AvgIpc) is 2.48. The highest BCUT2D eigenvalue weighted by Gasteiger charge is 2.40. The second-order valence-corrected chi connectivity index (χ2v) is 8.35. The Balaban J connectivity index is 2.17. The number of rotatable bonds is 4. The fraction of sp³-hybridized carbons (Fsp3) is 0.462. The summed E-state index contributed by atoms with van der Waals surface area (Å²) in [6, 6.07) is 8.52. The average molecular weight is 331 g/mol. The van der Waals surface area contributed by atoms with Gasteiger partial charge < -0.3 is 5.73 Å². The number of nitrogens with two attached hydrogens (primary N) is 1. The molecule has 0 saturated carbocycles. The van der Waals surface area contributed by atoms with E-state index in [4.69, 9.17) is 18.0 Å². The third kappa shape index (κ3) is 2.86. The van der Waals surface area contributed by atoms with Crippen LogP contribution in [-0.2, 0) is 10.0 Å². The summed E-state index contributed by atoms with van der Waals surface area (Å²) >= 11 is 6.76. The summed E-state index contributed by atoms with van der Waals surface area (Å²) in [5.41, 5.74) is 5.82. The number of nitrogens with zero attached hydrogens (tertiary/aromatic N) is 1. The van der Waals surface area contributed by atoms with E-state index in [1.807, 2.05) is 6.26 Å². The van der Waals surface area contributed by atoms with E-state index in [-0.39, 0.29) is 4.75 Å². The van der Waals surface area contributed by atoms with Crippen LogP contribution in [-0.4, -0.2) is 41.8 Å². The fourth-order valence-electron chi connectivity index (χ4n) is 2.38. The van der Waals surface area contributed by atoms with E-state index in [0.29, 0.717) is 35.8 Å². The summed E-state index contributed by atoms with van der Waals surface area (Å²) in [7, 11) is -3.41. The molecule has 1 saturated heterocycles. The highest BCUT2D eigenvalue weighted by atomic mass is 32.2. The fourth-order valence-corrected chi connectivity index (χ4v) is 5.09. The first kappa shape index (κ1) is 15.8. The number of benzene rings is 1. The molecular weight excluding hydrogens is 312 g/mol. The van der Waals surface area contributed by atoms with Crippen LogP contribution in [0.15, 0.2) is 35.2 Å². The first-order valence-electron chi connectivity index (χ1n) is 6.33. The Morgan fingerprint density at radius 3 is 2.30 bits per heavy atom. The van der Waals surface area contributed by atoms with Gasteiger partial charge in [-0.15, -0.1) is 0 Å². The highest BCUT2D eigenvalue weighted by molar-refractivity contribution is 8.02. The lowest BCUT2D eigenvalue weighted by Crippen LogP contribution is -2.50. The molecule has 0 unspecified atom stereocenters. The highest BCUT2D eigenvalue weighted by Crippen LogP contribution is 2.36. The molecule has 2 rings (SSSR count). The number of thioether (sulfide) groups is 1. The summed E-state index contributed by atoms with van der Waals surface area (Å²) in [5, 5.41) is 0. The molecule has 1 aromatic carbocycles. The zero-order valence-electron chi connectivity index (χ0n) is 11.3. The van der Waals surface area contributed by atoms with E-state index in [0.717, 1.165) is 0 Å². The van der Waals surface area contributed by atoms with Crippen molar-refractivity contribution in [1.29, 1.82) is 0 Å². The molecular formula is C13H18N2O2S3. The van der Waals surface area contributed by atoms with Crippen molar-refractivity contribution in [2.45, 2.75) is 22.5 Å². The molecule has 0 aliphatic carbocycles. The summed E-state index contributed by atoms with van der Waals surface area (Å²) in [4.78, 5) is 0.814. The summed E-state index contributed by atoms with van der Waals surface area (Å²) in [5.74, 6) is 0. The van der Waals surface area contributed by atoms with Crippen molar-refractivity contribution in [2.75, 3.05) is 19.3 Å². The second-order valence-electron chi connectivity index (χ2n) is 4.78. The standard InChI is InChI=1S/C13H18N2O2S3/c1-19-13(12(14)18)7-9-15(10-8-13)20(16,17)11-5-3-2-4-6-11/h2-6H,7-10H2,1H3,(H2,14,18). The van der Waals surface area contributed by atoms with E-state index >= 15 is 0 Å². The maximum absolute atomic E-state index is 12.5. The van der Waals surface area contributed by atoms with E-state index in [1.165, 1.54) is 4.31 Å². The molecule has 1 heterocycles. The van der Waals surface area contributed by atoms with Gasteiger partial charge in [0.15, 0.2) is 0 Å². The van der Waals surface area contributed by atoms with E-state index in [1.54, 1.807) is 42.1 Å². The number of thiocarbonyl (C=S) groups is 1. The Kier molecular flexibility index (Phi) is 4.73. The van der Waals surface area contributed by atoms with Gasteiger partial charge in [-0.1, -0.05) is 30.4 Å². The monoisotopic (exact) mass is 330 g/mol. The molecule has 0 spiro atoms. The molecule has 0 atom stereocenters. The molecule has 1 aliphatic heterocycles. The molecule has 7 heteroatoms. The maximum Gasteiger partial charge on any atom is 0.243 e. The van der Waals surface area contributed by atoms with Gasteiger partial charge in [-0.05, 0) is 31.2 Å². The lowest BCUT2D eigenvalue weighted by Gasteiger charge is -2.39. The van der Waals surface area contributed by atoms with Crippen LogP contribution in [0.5, 0.6) is 0 Å². The molecule has 0 bridgehead atoms. The van der Waals surface area contributed by atoms with Gasteiger partial charge in [0, 0.05) is 13.1 Å². The molecule has 20 heavy (non-hydrogen) atoms. The zero-order chi connectivity index (χ0) is 14.8. The van der Waals surface area contributed by atoms with Crippen molar-refractivity contribution in [3.8, 4) is 0 Å². The minimum absolute atomic E-state index is 0.266. The number of piperidine rings is 1. The largest absolute Gasteiger partial charge is 0.392 e. The molecule has 1 aromatic rings. The topological polar surface area (TPSA) is 63.4 Å². The van der Waals surface area contributed by atoms with Crippen LogP contribution in [0.4, 0.5) is 0 Å². The van der Waals surface area contributed by atoms with Gasteiger partial charge in [0.1, 0.15) is 0 Å². The molecule has 0 aromatic heterocycles. The number of hydrogen-bond acceptors (Lipinski definition) is 4. The second kappa shape index (κ2) is 6.01. The van der Waals surface area contributed by atoms with Gasteiger partial charge in [0.25, 0.3) is 0 Å². The summed E-state index contributed by atoms with van der Waals surface area (Å²) in [6.45, 7) is 0.908. The molecule has 2 N–H and O–H groups in total. The molecule has 1 fully saturated rings. The molecule has 4 nitrogen and oxygen atoms in total. The van der Waals surface area contributed by atoms with Crippen LogP contribution in [0.1, 0.15) is 12.8 Å². The molecule has 110 valence electrons. The first-order chi connectivity index (χ1) is 9.42. The van der Waals surface area contributed by atoms with Gasteiger partial charge in [0.2, 0.25) is 10.0 Å². The molecule has 1 aliphatic rings. The predicted octanol–water partition coefficient (Wildman–Crippen LogP) is 1.86. The zero-order valence-corrected chi connectivity index (χ0v) is 13.7. The summed E-state index contributed by atoms with van der Waals surface area (Å²) in [6.07, 6.45) is 3.30. The third-order valence-corrected chi connectivity index (χ3v) is 7.59. The Hall–Kier alpha value is -0.630. The van der Waals surface area contributed by atoms with Crippen LogP contribution in [0, 0.1) is 0 Å². The van der Waals surface area contributed by atoms with Crippen molar-refractivity contribution in [1.82, 2.24) is 4.31 Å². The molecule has 0 amide bonds. The van der Waals surface area contributed by atoms with Crippen LogP contribution in [0.3, 0.4) is 0 Å². The van der Waals surface area contributed by atoms with Crippen molar-refractivity contribution in [2.24, 2.45) is 5.73 Å². The van der Waals surface area contributed by atoms with Gasteiger partial charge in [-0.25, -0.2) is 8.42 Å². The van der Waals surface area contributed by atoms with Crippen LogP contribution < -0.4 is 5.73 Å².